The second-order valence-electron chi connectivity index (χ2n) is 4.22. The van der Waals surface area contributed by atoms with Crippen molar-refractivity contribution in [2.45, 2.75) is 13.0 Å². The van der Waals surface area contributed by atoms with Crippen LogP contribution in [0.1, 0.15) is 22.7 Å². The van der Waals surface area contributed by atoms with E-state index in [2.05, 4.69) is 10.4 Å². The van der Waals surface area contributed by atoms with E-state index in [0.717, 1.165) is 16.7 Å². The first-order valence-electron chi connectivity index (χ1n) is 5.87. The minimum absolute atomic E-state index is 0.297. The van der Waals surface area contributed by atoms with Crippen molar-refractivity contribution in [1.82, 2.24) is 10.4 Å². The Kier molecular flexibility index (Phi) is 4.09. The number of nitrogens with one attached hydrogen (secondary N) is 1. The molecule has 0 radical (unpaired) electrons. The van der Waals surface area contributed by atoms with Gasteiger partial charge in [0.15, 0.2) is 0 Å². The van der Waals surface area contributed by atoms with Crippen LogP contribution in [0.5, 0.6) is 5.75 Å². The fourth-order valence-corrected chi connectivity index (χ4v) is 2.07. The van der Waals surface area contributed by atoms with E-state index in [9.17, 15) is 4.39 Å². The molecule has 5 heteroatoms. The van der Waals surface area contributed by atoms with Crippen LogP contribution in [-0.2, 0) is 0 Å². The molecule has 1 atom stereocenters. The molecule has 0 fully saturated rings. The van der Waals surface area contributed by atoms with Gasteiger partial charge in [-0.3, -0.25) is 10.8 Å². The molecule has 0 amide bonds. The normalized spacial score (nSPS) is 12.2. The number of ether oxygens (including phenoxy) is 1. The van der Waals surface area contributed by atoms with Crippen molar-refractivity contribution in [3.63, 3.8) is 0 Å². The highest BCUT2D eigenvalue weighted by Crippen LogP contribution is 2.30. The van der Waals surface area contributed by atoms with Crippen molar-refractivity contribution < 1.29 is 9.13 Å². The SMILES string of the molecule is COc1cnccc1C(NN)c1cc(F)ccc1C. The monoisotopic (exact) mass is 261 g/mol. The average molecular weight is 261 g/mol. The summed E-state index contributed by atoms with van der Waals surface area (Å²) in [6, 6.07) is 6.07. The number of hydrogen-bond acceptors (Lipinski definition) is 4. The Hall–Kier alpha value is -1.98. The molecule has 2 aromatic rings. The predicted octanol–water partition coefficient (Wildman–Crippen LogP) is 2.09. The van der Waals surface area contributed by atoms with Gasteiger partial charge >= 0.3 is 0 Å². The standard InChI is InChI=1S/C14H16FN3O/c1-9-3-4-10(15)7-12(9)14(18-16)11-5-6-17-8-13(11)19-2/h3-8,14,18H,16H2,1-2H3. The molecule has 3 N–H and O–H groups in total. The number of rotatable bonds is 4. The minimum Gasteiger partial charge on any atom is -0.495 e. The highest BCUT2D eigenvalue weighted by atomic mass is 19.1. The van der Waals surface area contributed by atoms with E-state index < -0.39 is 0 Å². The second-order valence-corrected chi connectivity index (χ2v) is 4.22. The molecule has 1 aromatic heterocycles. The van der Waals surface area contributed by atoms with Crippen molar-refractivity contribution in [2.24, 2.45) is 5.84 Å². The lowest BCUT2D eigenvalue weighted by molar-refractivity contribution is 0.402. The molecule has 100 valence electrons. The lowest BCUT2D eigenvalue weighted by Gasteiger charge is -2.21. The van der Waals surface area contributed by atoms with Crippen molar-refractivity contribution >= 4 is 0 Å². The third-order valence-electron chi connectivity index (χ3n) is 3.07. The summed E-state index contributed by atoms with van der Waals surface area (Å²) in [6.07, 6.45) is 3.26. The van der Waals surface area contributed by atoms with E-state index >= 15 is 0 Å². The molecular formula is C14H16FN3O. The summed E-state index contributed by atoms with van der Waals surface area (Å²) in [6.45, 7) is 1.91. The Bertz CT molecular complexity index is 574. The topological polar surface area (TPSA) is 60.2 Å². The van der Waals surface area contributed by atoms with Gasteiger partial charge in [0.1, 0.15) is 11.6 Å². The Morgan fingerprint density at radius 3 is 2.79 bits per heavy atom. The number of methoxy groups -OCH3 is 1. The average Bonchev–Trinajstić information content (AvgIpc) is 2.44. The van der Waals surface area contributed by atoms with E-state index in [1.165, 1.54) is 12.1 Å². The van der Waals surface area contributed by atoms with Crippen LogP contribution in [0.25, 0.3) is 0 Å². The van der Waals surface area contributed by atoms with E-state index in [4.69, 9.17) is 10.6 Å². The van der Waals surface area contributed by atoms with E-state index in [1.54, 1.807) is 31.6 Å². The lowest BCUT2D eigenvalue weighted by Crippen LogP contribution is -2.29. The maximum Gasteiger partial charge on any atom is 0.142 e. The van der Waals surface area contributed by atoms with Crippen LogP contribution in [-0.4, -0.2) is 12.1 Å². The second kappa shape index (κ2) is 5.77. The summed E-state index contributed by atoms with van der Waals surface area (Å²) in [5.74, 6) is 5.94. The van der Waals surface area contributed by atoms with Crippen LogP contribution in [0.15, 0.2) is 36.7 Å². The number of aromatic nitrogens is 1. The summed E-state index contributed by atoms with van der Waals surface area (Å²) < 4.78 is 18.7. The Morgan fingerprint density at radius 2 is 2.11 bits per heavy atom. The highest BCUT2D eigenvalue weighted by Gasteiger charge is 2.19. The van der Waals surface area contributed by atoms with Crippen molar-refractivity contribution in [2.75, 3.05) is 7.11 Å². The predicted molar refractivity (Wildman–Crippen MR) is 71.1 cm³/mol. The van der Waals surface area contributed by atoms with Crippen molar-refractivity contribution in [3.8, 4) is 5.75 Å². The first kappa shape index (κ1) is 13.5. The van der Waals surface area contributed by atoms with Gasteiger partial charge in [-0.15, -0.1) is 0 Å². The number of hydrazine groups is 1. The zero-order chi connectivity index (χ0) is 13.8. The number of aryl methyl sites for hydroxylation is 1. The van der Waals surface area contributed by atoms with E-state index in [1.807, 2.05) is 6.92 Å². The summed E-state index contributed by atoms with van der Waals surface area (Å²) in [4.78, 5) is 4.00. The van der Waals surface area contributed by atoms with Gasteiger partial charge in [0.05, 0.1) is 19.3 Å². The first-order valence-corrected chi connectivity index (χ1v) is 5.87. The number of nitrogens with zero attached hydrogens (tertiary/aromatic N) is 1. The van der Waals surface area contributed by atoms with Crippen LogP contribution in [0.3, 0.4) is 0 Å². The molecule has 0 saturated heterocycles. The van der Waals surface area contributed by atoms with Gasteiger partial charge in [0.2, 0.25) is 0 Å². The maximum atomic E-state index is 13.4. The molecular weight excluding hydrogens is 245 g/mol. The van der Waals surface area contributed by atoms with Gasteiger partial charge in [0, 0.05) is 11.8 Å². The zero-order valence-corrected chi connectivity index (χ0v) is 10.9. The highest BCUT2D eigenvalue weighted by molar-refractivity contribution is 5.42. The van der Waals surface area contributed by atoms with Crippen LogP contribution in [0.4, 0.5) is 4.39 Å². The van der Waals surface area contributed by atoms with E-state index in [-0.39, 0.29) is 11.9 Å². The third-order valence-corrected chi connectivity index (χ3v) is 3.07. The van der Waals surface area contributed by atoms with Gasteiger partial charge in [-0.05, 0) is 36.2 Å². The molecule has 4 nitrogen and oxygen atoms in total. The zero-order valence-electron chi connectivity index (χ0n) is 10.9. The molecule has 19 heavy (non-hydrogen) atoms. The summed E-state index contributed by atoms with van der Waals surface area (Å²) in [5.41, 5.74) is 5.23. The third kappa shape index (κ3) is 2.72. The van der Waals surface area contributed by atoms with Crippen molar-refractivity contribution in [1.29, 1.82) is 0 Å². The number of halogens is 1. The summed E-state index contributed by atoms with van der Waals surface area (Å²) in [7, 11) is 1.56. The minimum atomic E-state index is -0.353. The summed E-state index contributed by atoms with van der Waals surface area (Å²) in [5, 5.41) is 0. The van der Waals surface area contributed by atoms with Gasteiger partial charge in [0.25, 0.3) is 0 Å². The van der Waals surface area contributed by atoms with Crippen LogP contribution < -0.4 is 16.0 Å². The molecule has 0 bridgehead atoms. The van der Waals surface area contributed by atoms with Gasteiger partial charge in [-0.1, -0.05) is 6.07 Å². The largest absolute Gasteiger partial charge is 0.495 e. The van der Waals surface area contributed by atoms with Crippen molar-refractivity contribution in [3.05, 3.63) is 59.2 Å². The Balaban J connectivity index is 2.53. The van der Waals surface area contributed by atoms with E-state index in [0.29, 0.717) is 5.75 Å². The Morgan fingerprint density at radius 1 is 1.32 bits per heavy atom. The fraction of sp³-hybridized carbons (Fsp3) is 0.214. The number of pyridine rings is 1. The number of nitrogens with two attached hydrogens (primary N) is 1. The fourth-order valence-electron chi connectivity index (χ4n) is 2.07. The van der Waals surface area contributed by atoms with Crippen LogP contribution in [0, 0.1) is 12.7 Å². The molecule has 2 rings (SSSR count). The van der Waals surface area contributed by atoms with Gasteiger partial charge in [-0.25, -0.2) is 9.82 Å². The quantitative estimate of drug-likeness (QED) is 0.653. The van der Waals surface area contributed by atoms with Gasteiger partial charge < -0.3 is 4.74 Å². The number of benzene rings is 1. The molecule has 0 spiro atoms. The molecule has 1 heterocycles. The Labute approximate surface area is 111 Å². The lowest BCUT2D eigenvalue weighted by atomic mass is 9.95. The van der Waals surface area contributed by atoms with Crippen LogP contribution >= 0.6 is 0 Å². The smallest absolute Gasteiger partial charge is 0.142 e. The molecule has 0 aliphatic rings. The molecule has 0 aliphatic carbocycles. The maximum absolute atomic E-state index is 13.4. The number of hydrogen-bond donors (Lipinski definition) is 2. The summed E-state index contributed by atoms with van der Waals surface area (Å²) >= 11 is 0. The molecule has 0 saturated carbocycles. The molecule has 0 aliphatic heterocycles. The molecule has 1 unspecified atom stereocenters. The molecule has 1 aromatic carbocycles. The van der Waals surface area contributed by atoms with Crippen LogP contribution in [0.2, 0.25) is 0 Å². The van der Waals surface area contributed by atoms with Gasteiger partial charge in [-0.2, -0.15) is 0 Å². The first-order chi connectivity index (χ1) is 9.17.